The minimum Gasteiger partial charge on any atom is -0.333 e. The summed E-state index contributed by atoms with van der Waals surface area (Å²) in [4.78, 5) is 27.3. The summed E-state index contributed by atoms with van der Waals surface area (Å²) in [5, 5.41) is 2.81. The number of rotatable bonds is 6. The van der Waals surface area contributed by atoms with Crippen LogP contribution in [0.2, 0.25) is 0 Å². The van der Waals surface area contributed by atoms with E-state index >= 15 is 0 Å². The number of anilines is 1. The van der Waals surface area contributed by atoms with E-state index in [9.17, 15) is 14.0 Å². The summed E-state index contributed by atoms with van der Waals surface area (Å²) in [5.74, 6) is 0.0624. The van der Waals surface area contributed by atoms with E-state index in [1.54, 1.807) is 12.1 Å². The average molecular weight is 362 g/mol. The van der Waals surface area contributed by atoms with Crippen molar-refractivity contribution in [2.45, 2.75) is 12.5 Å². The summed E-state index contributed by atoms with van der Waals surface area (Å²) >= 11 is 11.3. The molecule has 0 saturated carbocycles. The Balaban J connectivity index is 1.98. The van der Waals surface area contributed by atoms with Gasteiger partial charge in [-0.05, 0) is 18.2 Å². The van der Waals surface area contributed by atoms with Crippen molar-refractivity contribution in [1.29, 1.82) is 0 Å². The zero-order valence-electron chi connectivity index (χ0n) is 12.5. The Morgan fingerprint density at radius 3 is 2.65 bits per heavy atom. The quantitative estimate of drug-likeness (QED) is 0.791. The van der Waals surface area contributed by atoms with E-state index in [4.69, 9.17) is 23.2 Å². The van der Waals surface area contributed by atoms with Crippen LogP contribution < -0.4 is 10.2 Å². The number of carbonyl (C=O) groups excluding carboxylic acids is 2. The maximum Gasteiger partial charge on any atom is 0.317 e. The molecule has 0 aromatic heterocycles. The van der Waals surface area contributed by atoms with E-state index in [0.29, 0.717) is 37.1 Å². The fraction of sp³-hybridized carbons (Fsp3) is 0.467. The van der Waals surface area contributed by atoms with Gasteiger partial charge in [-0.1, -0.05) is 6.07 Å². The third kappa shape index (κ3) is 4.72. The SMILES string of the molecule is O=C(N[C@@H]1CC(=O)N(c2cccc(F)c2)C1)N(CCCl)CCCl. The first kappa shape index (κ1) is 17.8. The van der Waals surface area contributed by atoms with Gasteiger partial charge in [-0.3, -0.25) is 4.79 Å². The van der Waals surface area contributed by atoms with Crippen molar-refractivity contribution in [3.63, 3.8) is 0 Å². The summed E-state index contributed by atoms with van der Waals surface area (Å²) < 4.78 is 13.3. The van der Waals surface area contributed by atoms with E-state index < -0.39 is 5.82 Å². The van der Waals surface area contributed by atoms with E-state index in [2.05, 4.69) is 5.32 Å². The molecular formula is C15H18Cl2FN3O2. The first-order valence-corrected chi connectivity index (χ1v) is 8.35. The van der Waals surface area contributed by atoms with Crippen molar-refractivity contribution in [2.75, 3.05) is 36.3 Å². The minimum atomic E-state index is -0.404. The molecule has 1 aromatic rings. The van der Waals surface area contributed by atoms with Crippen LogP contribution in [0.25, 0.3) is 0 Å². The zero-order chi connectivity index (χ0) is 16.8. The number of amides is 3. The van der Waals surface area contributed by atoms with Crippen molar-refractivity contribution < 1.29 is 14.0 Å². The largest absolute Gasteiger partial charge is 0.333 e. The monoisotopic (exact) mass is 361 g/mol. The number of hydrogen-bond donors (Lipinski definition) is 1. The number of nitrogens with one attached hydrogen (secondary N) is 1. The van der Waals surface area contributed by atoms with E-state index in [1.807, 2.05) is 0 Å². The number of nitrogens with zero attached hydrogens (tertiary/aromatic N) is 2. The highest BCUT2D eigenvalue weighted by atomic mass is 35.5. The minimum absolute atomic E-state index is 0.151. The average Bonchev–Trinajstić information content (AvgIpc) is 2.87. The Hall–Kier alpha value is -1.53. The molecule has 1 aromatic carbocycles. The maximum absolute atomic E-state index is 13.3. The van der Waals surface area contributed by atoms with Gasteiger partial charge in [-0.15, -0.1) is 23.2 Å². The number of carbonyl (C=O) groups is 2. The van der Waals surface area contributed by atoms with Crippen molar-refractivity contribution in [3.8, 4) is 0 Å². The number of alkyl halides is 2. The highest BCUT2D eigenvalue weighted by Crippen LogP contribution is 2.22. The van der Waals surface area contributed by atoms with Crippen molar-refractivity contribution in [3.05, 3.63) is 30.1 Å². The first-order valence-electron chi connectivity index (χ1n) is 7.28. The lowest BCUT2D eigenvalue weighted by Crippen LogP contribution is -2.47. The van der Waals surface area contributed by atoms with E-state index in [0.717, 1.165) is 0 Å². The van der Waals surface area contributed by atoms with Gasteiger partial charge in [-0.2, -0.15) is 0 Å². The van der Waals surface area contributed by atoms with Gasteiger partial charge < -0.3 is 15.1 Å². The number of benzene rings is 1. The molecule has 0 aliphatic carbocycles. The number of hydrogen-bond acceptors (Lipinski definition) is 2. The van der Waals surface area contributed by atoms with E-state index in [-0.39, 0.29) is 24.4 Å². The zero-order valence-corrected chi connectivity index (χ0v) is 14.0. The predicted octanol–water partition coefficient (Wildman–Crippen LogP) is 2.42. The molecule has 126 valence electrons. The molecule has 0 radical (unpaired) electrons. The van der Waals surface area contributed by atoms with Gasteiger partial charge >= 0.3 is 6.03 Å². The van der Waals surface area contributed by atoms with Gasteiger partial charge in [-0.25, -0.2) is 9.18 Å². The molecular weight excluding hydrogens is 344 g/mol. The number of halogens is 3. The summed E-state index contributed by atoms with van der Waals surface area (Å²) in [5.41, 5.74) is 0.491. The van der Waals surface area contributed by atoms with Gasteiger partial charge in [0, 0.05) is 43.5 Å². The Kier molecular flexibility index (Phi) is 6.47. The summed E-state index contributed by atoms with van der Waals surface area (Å²) in [6.07, 6.45) is 0.178. The lowest BCUT2D eigenvalue weighted by molar-refractivity contribution is -0.117. The van der Waals surface area contributed by atoms with Gasteiger partial charge in [0.15, 0.2) is 0 Å². The summed E-state index contributed by atoms with van der Waals surface area (Å²) in [6, 6.07) is 5.21. The highest BCUT2D eigenvalue weighted by molar-refractivity contribution is 6.18. The fourth-order valence-electron chi connectivity index (χ4n) is 2.48. The topological polar surface area (TPSA) is 52.7 Å². The molecule has 0 bridgehead atoms. The predicted molar refractivity (Wildman–Crippen MR) is 88.7 cm³/mol. The second kappa shape index (κ2) is 8.36. The fourth-order valence-corrected chi connectivity index (χ4v) is 2.89. The van der Waals surface area contributed by atoms with Crippen LogP contribution in [0.15, 0.2) is 24.3 Å². The molecule has 0 spiro atoms. The molecule has 1 saturated heterocycles. The van der Waals surface area contributed by atoms with E-state index in [1.165, 1.54) is 21.9 Å². The molecule has 1 aliphatic rings. The molecule has 0 unspecified atom stereocenters. The van der Waals surface area contributed by atoms with Crippen LogP contribution >= 0.6 is 23.2 Å². The Morgan fingerprint density at radius 1 is 1.35 bits per heavy atom. The molecule has 1 aliphatic heterocycles. The lowest BCUT2D eigenvalue weighted by Gasteiger charge is -2.23. The molecule has 8 heteroatoms. The smallest absolute Gasteiger partial charge is 0.317 e. The molecule has 5 nitrogen and oxygen atoms in total. The van der Waals surface area contributed by atoms with Crippen LogP contribution in [0, 0.1) is 5.82 Å². The molecule has 1 heterocycles. The van der Waals surface area contributed by atoms with Crippen LogP contribution in [0.5, 0.6) is 0 Å². The Bertz CT molecular complexity index is 567. The van der Waals surface area contributed by atoms with Crippen molar-refractivity contribution >= 4 is 40.8 Å². The molecule has 23 heavy (non-hydrogen) atoms. The number of urea groups is 1. The first-order chi connectivity index (χ1) is 11.0. The van der Waals surface area contributed by atoms with Crippen LogP contribution in [0.1, 0.15) is 6.42 Å². The van der Waals surface area contributed by atoms with Crippen LogP contribution in [0.3, 0.4) is 0 Å². The Morgan fingerprint density at radius 2 is 2.04 bits per heavy atom. The van der Waals surface area contributed by atoms with Crippen LogP contribution in [0.4, 0.5) is 14.9 Å². The summed E-state index contributed by atoms with van der Waals surface area (Å²) in [7, 11) is 0. The van der Waals surface area contributed by atoms with Gasteiger partial charge in [0.2, 0.25) is 5.91 Å². The highest BCUT2D eigenvalue weighted by Gasteiger charge is 2.32. The van der Waals surface area contributed by atoms with Crippen LogP contribution in [-0.2, 0) is 4.79 Å². The lowest BCUT2D eigenvalue weighted by atomic mass is 10.2. The van der Waals surface area contributed by atoms with Crippen molar-refractivity contribution in [2.24, 2.45) is 0 Å². The third-order valence-electron chi connectivity index (χ3n) is 3.57. The molecule has 1 atom stereocenters. The molecule has 2 rings (SSSR count). The van der Waals surface area contributed by atoms with Crippen LogP contribution in [-0.4, -0.2) is 54.3 Å². The maximum atomic E-state index is 13.3. The standard InChI is InChI=1S/C15H18Cl2FN3O2/c16-4-6-20(7-5-17)15(23)19-12-9-14(22)21(10-12)13-3-1-2-11(18)8-13/h1-3,8,12H,4-7,9-10H2,(H,19,23)/t12-/m1/s1. The van der Waals surface area contributed by atoms with Gasteiger partial charge in [0.1, 0.15) is 5.82 Å². The Labute approximate surface area is 144 Å². The second-order valence-electron chi connectivity index (χ2n) is 5.20. The third-order valence-corrected chi connectivity index (χ3v) is 3.91. The van der Waals surface area contributed by atoms with Gasteiger partial charge in [0.25, 0.3) is 0 Å². The van der Waals surface area contributed by atoms with Gasteiger partial charge in [0.05, 0.1) is 6.04 Å². The molecule has 1 fully saturated rings. The van der Waals surface area contributed by atoms with Crippen molar-refractivity contribution in [1.82, 2.24) is 10.2 Å². The molecule has 1 N–H and O–H groups in total. The summed E-state index contributed by atoms with van der Waals surface area (Å²) in [6.45, 7) is 1.08. The second-order valence-corrected chi connectivity index (χ2v) is 5.96. The molecule has 3 amide bonds. The normalized spacial score (nSPS) is 17.4.